The predicted octanol–water partition coefficient (Wildman–Crippen LogP) is 3.70. The zero-order chi connectivity index (χ0) is 14.0. The fraction of sp³-hybridized carbons (Fsp3) is 0.0714. The molecular weight excluding hydrogens is 268 g/mol. The van der Waals surface area contributed by atoms with Crippen LogP contribution in [0, 0.1) is 18.6 Å². The Morgan fingerprint density at radius 3 is 2.32 bits per heavy atom. The Labute approximate surface area is 114 Å². The summed E-state index contributed by atoms with van der Waals surface area (Å²) in [6.45, 7) is 1.88. The average molecular weight is 279 g/mol. The number of aryl methyl sites for hydroxylation is 1. The Morgan fingerprint density at radius 2 is 1.74 bits per heavy atom. The quantitative estimate of drug-likeness (QED) is 0.870. The lowest BCUT2D eigenvalue weighted by atomic mass is 10.1. The third-order valence-electron chi connectivity index (χ3n) is 2.46. The van der Waals surface area contributed by atoms with Crippen LogP contribution in [0.1, 0.15) is 11.1 Å². The zero-order valence-electron chi connectivity index (χ0n) is 10.1. The van der Waals surface area contributed by atoms with Crippen LogP contribution >= 0.6 is 12.2 Å². The number of rotatable bonds is 3. The van der Waals surface area contributed by atoms with E-state index in [1.807, 2.05) is 6.92 Å². The molecule has 0 saturated heterocycles. The van der Waals surface area contributed by atoms with Crippen LogP contribution in [0.2, 0.25) is 0 Å². The van der Waals surface area contributed by atoms with Gasteiger partial charge < -0.3 is 10.5 Å². The van der Waals surface area contributed by atoms with E-state index in [4.69, 9.17) is 22.7 Å². The Balaban J connectivity index is 2.40. The molecular formula is C14H11F2NOS. The number of nitrogens with two attached hydrogens (primary N) is 1. The van der Waals surface area contributed by atoms with Crippen LogP contribution in [-0.4, -0.2) is 4.99 Å². The van der Waals surface area contributed by atoms with Gasteiger partial charge in [-0.3, -0.25) is 0 Å². The highest BCUT2D eigenvalue weighted by atomic mass is 32.1. The van der Waals surface area contributed by atoms with Crippen LogP contribution in [0.15, 0.2) is 36.4 Å². The first kappa shape index (κ1) is 13.4. The van der Waals surface area contributed by atoms with E-state index in [0.29, 0.717) is 11.3 Å². The van der Waals surface area contributed by atoms with Crippen LogP contribution in [0.4, 0.5) is 8.78 Å². The second-order valence-electron chi connectivity index (χ2n) is 4.07. The van der Waals surface area contributed by atoms with Gasteiger partial charge in [0.2, 0.25) is 0 Å². The molecule has 0 atom stereocenters. The van der Waals surface area contributed by atoms with Crippen LogP contribution in [-0.2, 0) is 0 Å². The summed E-state index contributed by atoms with van der Waals surface area (Å²) in [7, 11) is 0. The van der Waals surface area contributed by atoms with Crippen molar-refractivity contribution in [3.8, 4) is 11.5 Å². The molecule has 0 amide bonds. The molecule has 19 heavy (non-hydrogen) atoms. The molecule has 2 N–H and O–H groups in total. The lowest BCUT2D eigenvalue weighted by molar-refractivity contribution is 0.467. The third kappa shape index (κ3) is 3.26. The van der Waals surface area contributed by atoms with E-state index in [-0.39, 0.29) is 10.7 Å². The molecule has 0 saturated carbocycles. The van der Waals surface area contributed by atoms with Crippen LogP contribution in [0.25, 0.3) is 0 Å². The maximum atomic E-state index is 13.1. The molecule has 5 heteroatoms. The molecule has 98 valence electrons. The standard InChI is InChI=1S/C14H11F2NOS/c1-8-2-3-13(12(4-8)14(17)19)18-11-6-9(15)5-10(16)7-11/h2-7H,1H3,(H2,17,19). The maximum Gasteiger partial charge on any atom is 0.137 e. The summed E-state index contributed by atoms with van der Waals surface area (Å²) >= 11 is 4.93. The number of hydrogen-bond acceptors (Lipinski definition) is 2. The van der Waals surface area contributed by atoms with Gasteiger partial charge in [0, 0.05) is 18.2 Å². The van der Waals surface area contributed by atoms with Crippen LogP contribution in [0.5, 0.6) is 11.5 Å². The van der Waals surface area contributed by atoms with Gasteiger partial charge in [-0.1, -0.05) is 23.8 Å². The van der Waals surface area contributed by atoms with Crippen LogP contribution in [0.3, 0.4) is 0 Å². The van der Waals surface area contributed by atoms with E-state index >= 15 is 0 Å². The summed E-state index contributed by atoms with van der Waals surface area (Å²) in [5.41, 5.74) is 7.09. The van der Waals surface area contributed by atoms with E-state index in [2.05, 4.69) is 0 Å². The molecule has 0 heterocycles. The van der Waals surface area contributed by atoms with Gasteiger partial charge in [-0.25, -0.2) is 8.78 Å². The molecule has 0 unspecified atom stereocenters. The fourth-order valence-electron chi connectivity index (χ4n) is 1.64. The summed E-state index contributed by atoms with van der Waals surface area (Å²) in [5.74, 6) is -1.00. The minimum Gasteiger partial charge on any atom is -0.456 e. The number of ether oxygens (including phenoxy) is 1. The second kappa shape index (κ2) is 5.32. The molecule has 0 aliphatic carbocycles. The SMILES string of the molecule is Cc1ccc(Oc2cc(F)cc(F)c2)c(C(N)=S)c1. The molecule has 0 aliphatic rings. The van der Waals surface area contributed by atoms with E-state index < -0.39 is 11.6 Å². The number of benzene rings is 2. The van der Waals surface area contributed by atoms with Crippen molar-refractivity contribution in [3.63, 3.8) is 0 Å². The van der Waals surface area contributed by atoms with Gasteiger partial charge in [-0.05, 0) is 19.1 Å². The summed E-state index contributed by atoms with van der Waals surface area (Å²) in [6.07, 6.45) is 0. The van der Waals surface area contributed by atoms with Gasteiger partial charge in [-0.2, -0.15) is 0 Å². The Morgan fingerprint density at radius 1 is 1.11 bits per heavy atom. The minimum absolute atomic E-state index is 0.0545. The summed E-state index contributed by atoms with van der Waals surface area (Å²) in [4.78, 5) is 0.163. The van der Waals surface area contributed by atoms with Crippen molar-refractivity contribution in [2.24, 2.45) is 5.73 Å². The average Bonchev–Trinajstić information content (AvgIpc) is 2.30. The molecule has 2 rings (SSSR count). The Hall–Kier alpha value is -2.01. The van der Waals surface area contributed by atoms with Crippen molar-refractivity contribution >= 4 is 17.2 Å². The molecule has 2 nitrogen and oxygen atoms in total. The van der Waals surface area contributed by atoms with Crippen molar-refractivity contribution in [3.05, 3.63) is 59.2 Å². The molecule has 0 bridgehead atoms. The van der Waals surface area contributed by atoms with E-state index in [9.17, 15) is 8.78 Å². The molecule has 0 radical (unpaired) electrons. The van der Waals surface area contributed by atoms with Gasteiger partial charge in [-0.15, -0.1) is 0 Å². The van der Waals surface area contributed by atoms with Gasteiger partial charge in [0.15, 0.2) is 0 Å². The molecule has 0 spiro atoms. The lowest BCUT2D eigenvalue weighted by Crippen LogP contribution is -2.11. The van der Waals surface area contributed by atoms with E-state index in [1.54, 1.807) is 18.2 Å². The van der Waals surface area contributed by atoms with E-state index in [1.165, 1.54) is 0 Å². The first-order valence-corrected chi connectivity index (χ1v) is 5.91. The first-order valence-electron chi connectivity index (χ1n) is 5.50. The lowest BCUT2D eigenvalue weighted by Gasteiger charge is -2.11. The third-order valence-corrected chi connectivity index (χ3v) is 2.68. The molecule has 2 aromatic carbocycles. The zero-order valence-corrected chi connectivity index (χ0v) is 10.9. The molecule has 0 aliphatic heterocycles. The predicted molar refractivity (Wildman–Crippen MR) is 73.5 cm³/mol. The first-order chi connectivity index (χ1) is 8.95. The summed E-state index contributed by atoms with van der Waals surface area (Å²) in [5, 5.41) is 0. The van der Waals surface area contributed by atoms with Gasteiger partial charge in [0.1, 0.15) is 28.1 Å². The topological polar surface area (TPSA) is 35.2 Å². The monoisotopic (exact) mass is 279 g/mol. The van der Waals surface area contributed by atoms with Crippen LogP contribution < -0.4 is 10.5 Å². The van der Waals surface area contributed by atoms with Crippen molar-refractivity contribution in [2.45, 2.75) is 6.92 Å². The van der Waals surface area contributed by atoms with Crippen molar-refractivity contribution < 1.29 is 13.5 Å². The van der Waals surface area contributed by atoms with Gasteiger partial charge >= 0.3 is 0 Å². The maximum absolute atomic E-state index is 13.1. The van der Waals surface area contributed by atoms with Crippen molar-refractivity contribution in [2.75, 3.05) is 0 Å². The highest BCUT2D eigenvalue weighted by Crippen LogP contribution is 2.27. The highest BCUT2D eigenvalue weighted by Gasteiger charge is 2.09. The Bertz CT molecular complexity index is 623. The smallest absolute Gasteiger partial charge is 0.137 e. The number of thiocarbonyl (C=S) groups is 1. The fourth-order valence-corrected chi connectivity index (χ4v) is 1.80. The van der Waals surface area contributed by atoms with Gasteiger partial charge in [0.05, 0.1) is 5.56 Å². The van der Waals surface area contributed by atoms with Crippen molar-refractivity contribution in [1.82, 2.24) is 0 Å². The molecule has 0 fully saturated rings. The largest absolute Gasteiger partial charge is 0.456 e. The minimum atomic E-state index is -0.709. The van der Waals surface area contributed by atoms with Gasteiger partial charge in [0.25, 0.3) is 0 Å². The number of halogens is 2. The summed E-state index contributed by atoms with van der Waals surface area (Å²) in [6, 6.07) is 8.17. The normalized spacial score (nSPS) is 10.3. The Kier molecular flexibility index (Phi) is 3.76. The summed E-state index contributed by atoms with van der Waals surface area (Å²) < 4.78 is 31.6. The molecule has 0 aromatic heterocycles. The van der Waals surface area contributed by atoms with Crippen molar-refractivity contribution in [1.29, 1.82) is 0 Å². The number of hydrogen-bond donors (Lipinski definition) is 1. The second-order valence-corrected chi connectivity index (χ2v) is 4.51. The molecule has 2 aromatic rings. The highest BCUT2D eigenvalue weighted by molar-refractivity contribution is 7.80. The van der Waals surface area contributed by atoms with E-state index in [0.717, 1.165) is 23.8 Å².